The van der Waals surface area contributed by atoms with Gasteiger partial charge in [-0.2, -0.15) is 13.2 Å². The number of alkyl halides is 3. The summed E-state index contributed by atoms with van der Waals surface area (Å²) in [5.41, 5.74) is 1.19. The molecule has 0 saturated heterocycles. The fourth-order valence-electron chi connectivity index (χ4n) is 1.61. The largest absolute Gasteiger partial charge is 0.389 e. The van der Waals surface area contributed by atoms with Crippen molar-refractivity contribution < 1.29 is 13.2 Å². The monoisotopic (exact) mass is 274 g/mol. The normalized spacial score (nSPS) is 12.5. The van der Waals surface area contributed by atoms with Crippen LogP contribution in [0.25, 0.3) is 0 Å². The van der Waals surface area contributed by atoms with Gasteiger partial charge in [-0.3, -0.25) is 0 Å². The third-order valence-corrected chi connectivity index (χ3v) is 2.82. The first-order valence-electron chi connectivity index (χ1n) is 6.46. The quantitative estimate of drug-likeness (QED) is 0.798. The molecule has 0 amide bonds. The lowest BCUT2D eigenvalue weighted by molar-refractivity contribution is -0.135. The number of hydrogen-bond acceptors (Lipinski definition) is 2. The van der Waals surface area contributed by atoms with E-state index in [9.17, 15) is 13.2 Å². The van der Waals surface area contributed by atoms with Crippen LogP contribution in [0.1, 0.15) is 45.6 Å². The van der Waals surface area contributed by atoms with E-state index >= 15 is 0 Å². The molecule has 1 heterocycles. The smallest absolute Gasteiger partial charge is 0.370 e. The van der Waals surface area contributed by atoms with Crippen LogP contribution in [0.3, 0.4) is 0 Å². The van der Waals surface area contributed by atoms with E-state index in [4.69, 9.17) is 0 Å². The van der Waals surface area contributed by atoms with E-state index in [1.807, 2.05) is 12.1 Å². The number of anilines is 1. The first-order chi connectivity index (χ1) is 8.68. The van der Waals surface area contributed by atoms with Crippen molar-refractivity contribution in [1.82, 2.24) is 4.98 Å². The highest BCUT2D eigenvalue weighted by molar-refractivity contribution is 5.36. The van der Waals surface area contributed by atoms with Crippen molar-refractivity contribution in [2.24, 2.45) is 0 Å². The number of halogens is 3. The van der Waals surface area contributed by atoms with Crippen molar-refractivity contribution in [3.8, 4) is 0 Å². The first-order valence-corrected chi connectivity index (χ1v) is 6.46. The van der Waals surface area contributed by atoms with Crippen LogP contribution in [0.5, 0.6) is 0 Å². The number of nitrogens with one attached hydrogen (secondary N) is 1. The summed E-state index contributed by atoms with van der Waals surface area (Å²) in [6, 6.07) is 3.86. The van der Waals surface area contributed by atoms with Crippen LogP contribution >= 0.6 is 0 Å². The van der Waals surface area contributed by atoms with Gasteiger partial charge in [0.1, 0.15) is 5.82 Å². The molecule has 5 heteroatoms. The average Bonchev–Trinajstić information content (AvgIpc) is 2.26. The third kappa shape index (κ3) is 6.45. The molecular formula is C14H21F3N2. The standard InChI is InChI=1S/C14H21F3N2/c1-13(2,3)11-6-7-12(19-10-11)18-9-5-4-8-14(15,16)17/h6-7,10H,4-5,8-9H2,1-3H3,(H,18,19). The molecule has 0 aliphatic carbocycles. The van der Waals surface area contributed by atoms with Gasteiger partial charge in [-0.05, 0) is 29.9 Å². The maximum Gasteiger partial charge on any atom is 0.389 e. The molecule has 0 unspecified atom stereocenters. The molecule has 0 aromatic carbocycles. The molecule has 0 bridgehead atoms. The van der Waals surface area contributed by atoms with Gasteiger partial charge in [-0.25, -0.2) is 4.98 Å². The molecule has 0 aliphatic rings. The van der Waals surface area contributed by atoms with Crippen LogP contribution in [0.2, 0.25) is 0 Å². The van der Waals surface area contributed by atoms with Crippen molar-refractivity contribution in [2.75, 3.05) is 11.9 Å². The lowest BCUT2D eigenvalue weighted by Crippen LogP contribution is -2.12. The summed E-state index contributed by atoms with van der Waals surface area (Å²) in [6.07, 6.45) is -2.32. The molecule has 1 aromatic heterocycles. The highest BCUT2D eigenvalue weighted by Crippen LogP contribution is 2.23. The number of aromatic nitrogens is 1. The molecule has 1 aromatic rings. The summed E-state index contributed by atoms with van der Waals surface area (Å²) in [5, 5.41) is 3.03. The van der Waals surface area contributed by atoms with Crippen molar-refractivity contribution in [3.63, 3.8) is 0 Å². The lowest BCUT2D eigenvalue weighted by atomic mass is 9.88. The van der Waals surface area contributed by atoms with Crippen LogP contribution in [0, 0.1) is 0 Å². The molecule has 19 heavy (non-hydrogen) atoms. The predicted octanol–water partition coefficient (Wildman–Crippen LogP) is 4.52. The van der Waals surface area contributed by atoms with E-state index in [0.29, 0.717) is 18.8 Å². The van der Waals surface area contributed by atoms with Crippen molar-refractivity contribution >= 4 is 5.82 Å². The highest BCUT2D eigenvalue weighted by Gasteiger charge is 2.25. The van der Waals surface area contributed by atoms with E-state index in [0.717, 1.165) is 5.56 Å². The lowest BCUT2D eigenvalue weighted by Gasteiger charge is -2.18. The second-order valence-electron chi connectivity index (χ2n) is 5.68. The van der Waals surface area contributed by atoms with Gasteiger partial charge in [0.25, 0.3) is 0 Å². The maximum absolute atomic E-state index is 11.9. The zero-order chi connectivity index (χ0) is 14.5. The Balaban J connectivity index is 2.31. The van der Waals surface area contributed by atoms with Crippen LogP contribution < -0.4 is 5.32 Å². The second kappa shape index (κ2) is 6.26. The predicted molar refractivity (Wildman–Crippen MR) is 71.3 cm³/mol. The molecule has 0 fully saturated rings. The molecule has 0 atom stereocenters. The van der Waals surface area contributed by atoms with E-state index in [2.05, 4.69) is 31.1 Å². The summed E-state index contributed by atoms with van der Waals surface area (Å²) < 4.78 is 35.8. The minimum atomic E-state index is -4.05. The minimum absolute atomic E-state index is 0.0538. The maximum atomic E-state index is 11.9. The van der Waals surface area contributed by atoms with Gasteiger partial charge >= 0.3 is 6.18 Å². The van der Waals surface area contributed by atoms with E-state index in [1.54, 1.807) is 6.20 Å². The molecule has 1 N–H and O–H groups in total. The molecule has 0 aliphatic heterocycles. The summed E-state index contributed by atoms with van der Waals surface area (Å²) in [4.78, 5) is 4.26. The topological polar surface area (TPSA) is 24.9 Å². The molecule has 108 valence electrons. The van der Waals surface area contributed by atoms with Crippen molar-refractivity contribution in [3.05, 3.63) is 23.9 Å². The molecule has 1 rings (SSSR count). The second-order valence-corrected chi connectivity index (χ2v) is 5.68. The van der Waals surface area contributed by atoms with Gasteiger partial charge in [-0.15, -0.1) is 0 Å². The van der Waals surface area contributed by atoms with Gasteiger partial charge in [0.2, 0.25) is 0 Å². The van der Waals surface area contributed by atoms with Gasteiger partial charge in [0.15, 0.2) is 0 Å². The van der Waals surface area contributed by atoms with E-state index < -0.39 is 12.6 Å². The Morgan fingerprint density at radius 3 is 2.26 bits per heavy atom. The summed E-state index contributed by atoms with van der Waals surface area (Å²) in [7, 11) is 0. The van der Waals surface area contributed by atoms with Crippen molar-refractivity contribution in [1.29, 1.82) is 0 Å². The molecule has 0 spiro atoms. The SMILES string of the molecule is CC(C)(C)c1ccc(NCCCCC(F)(F)F)nc1. The van der Waals surface area contributed by atoms with Crippen LogP contribution in [-0.4, -0.2) is 17.7 Å². The number of nitrogens with zero attached hydrogens (tertiary/aromatic N) is 1. The number of pyridine rings is 1. The Morgan fingerprint density at radius 1 is 1.11 bits per heavy atom. The van der Waals surface area contributed by atoms with Crippen LogP contribution in [0.15, 0.2) is 18.3 Å². The van der Waals surface area contributed by atoms with E-state index in [-0.39, 0.29) is 11.8 Å². The van der Waals surface area contributed by atoms with Gasteiger partial charge in [0.05, 0.1) is 0 Å². The Labute approximate surface area is 112 Å². The highest BCUT2D eigenvalue weighted by atomic mass is 19.4. The van der Waals surface area contributed by atoms with Crippen LogP contribution in [0.4, 0.5) is 19.0 Å². The zero-order valence-electron chi connectivity index (χ0n) is 11.6. The van der Waals surface area contributed by atoms with Crippen molar-refractivity contribution in [2.45, 2.75) is 51.6 Å². The minimum Gasteiger partial charge on any atom is -0.370 e. The van der Waals surface area contributed by atoms with Gasteiger partial charge in [0, 0.05) is 19.2 Å². The van der Waals surface area contributed by atoms with Gasteiger partial charge in [-0.1, -0.05) is 26.8 Å². The molecule has 0 radical (unpaired) electrons. The Bertz CT molecular complexity index is 377. The summed E-state index contributed by atoms with van der Waals surface area (Å²) >= 11 is 0. The Kier molecular flexibility index (Phi) is 5.20. The first kappa shape index (κ1) is 15.8. The Hall–Kier alpha value is -1.26. The summed E-state index contributed by atoms with van der Waals surface area (Å²) in [5.74, 6) is 0.708. The Morgan fingerprint density at radius 2 is 1.79 bits per heavy atom. The number of rotatable bonds is 5. The molecular weight excluding hydrogens is 253 g/mol. The zero-order valence-corrected chi connectivity index (χ0v) is 11.6. The fraction of sp³-hybridized carbons (Fsp3) is 0.643. The third-order valence-electron chi connectivity index (χ3n) is 2.82. The van der Waals surface area contributed by atoms with E-state index in [1.165, 1.54) is 0 Å². The molecule has 2 nitrogen and oxygen atoms in total. The van der Waals surface area contributed by atoms with Gasteiger partial charge < -0.3 is 5.32 Å². The summed E-state index contributed by atoms with van der Waals surface area (Å²) in [6.45, 7) is 6.83. The average molecular weight is 274 g/mol. The number of hydrogen-bond donors (Lipinski definition) is 1. The molecule has 0 saturated carbocycles. The number of unbranched alkanes of at least 4 members (excludes halogenated alkanes) is 1. The van der Waals surface area contributed by atoms with Crippen LogP contribution in [-0.2, 0) is 5.41 Å². The fourth-order valence-corrected chi connectivity index (χ4v) is 1.61.